The van der Waals surface area contributed by atoms with Crippen LogP contribution < -0.4 is 0 Å². The van der Waals surface area contributed by atoms with E-state index in [1.54, 1.807) is 0 Å². The first-order valence-electron chi connectivity index (χ1n) is 11.6. The molecule has 1 N–H and O–H groups in total. The molecule has 0 bridgehead atoms. The Balaban J connectivity index is 1.34. The lowest BCUT2D eigenvalue weighted by Crippen LogP contribution is -2.49. The van der Waals surface area contributed by atoms with E-state index in [1.165, 1.54) is 31.3 Å². The lowest BCUT2D eigenvalue weighted by molar-refractivity contribution is -0.119. The third kappa shape index (κ3) is 3.11. The Morgan fingerprint density at radius 1 is 1.27 bits per heavy atom. The molecule has 3 saturated carbocycles. The predicted molar refractivity (Wildman–Crippen MR) is 113 cm³/mol. The van der Waals surface area contributed by atoms with Crippen LogP contribution in [0, 0.1) is 35.0 Å². The quantitative estimate of drug-likeness (QED) is 0.647. The molecule has 3 fully saturated rings. The van der Waals surface area contributed by atoms with E-state index in [4.69, 9.17) is 0 Å². The van der Waals surface area contributed by atoms with Gasteiger partial charge in [0, 0.05) is 25.4 Å². The number of alkyl halides is 2. The van der Waals surface area contributed by atoms with Crippen LogP contribution in [0.15, 0.2) is 42.5 Å². The maximum absolute atomic E-state index is 13.4. The van der Waals surface area contributed by atoms with Crippen LogP contribution >= 0.6 is 0 Å². The minimum absolute atomic E-state index is 0.171. The van der Waals surface area contributed by atoms with Gasteiger partial charge in [0.1, 0.15) is 5.60 Å². The first kappa shape index (κ1) is 20.4. The average molecular weight is 417 g/mol. The highest BCUT2D eigenvalue weighted by Gasteiger charge is 2.57. The zero-order valence-electron chi connectivity index (χ0n) is 17.9. The molecule has 0 aromatic carbocycles. The predicted octanol–water partition coefficient (Wildman–Crippen LogP) is 5.62. The van der Waals surface area contributed by atoms with Gasteiger partial charge in [-0.15, -0.1) is 0 Å². The molecule has 0 unspecified atom stereocenters. The SMILES string of the molecule is C=C(Cn1ccnc1)[C@H]1CC[C@H]2[C@@H]3CC=C4C[C@](O)(C(F)F)CC[C@@H]4[C@H]3CC[C@]12C. The van der Waals surface area contributed by atoms with Crippen LogP contribution in [-0.2, 0) is 6.54 Å². The molecule has 3 nitrogen and oxygen atoms in total. The molecule has 4 aliphatic rings. The summed E-state index contributed by atoms with van der Waals surface area (Å²) in [4.78, 5) is 4.16. The Morgan fingerprint density at radius 2 is 2.10 bits per heavy atom. The number of hydrogen-bond donors (Lipinski definition) is 1. The molecule has 4 aliphatic carbocycles. The maximum Gasteiger partial charge on any atom is 0.267 e. The van der Waals surface area contributed by atoms with E-state index in [9.17, 15) is 13.9 Å². The summed E-state index contributed by atoms with van der Waals surface area (Å²) in [6.07, 6.45) is 12.3. The molecular weight excluding hydrogens is 382 g/mol. The van der Waals surface area contributed by atoms with Crippen molar-refractivity contribution in [2.75, 3.05) is 0 Å². The number of fused-ring (bicyclic) bond motifs is 5. The minimum atomic E-state index is -2.65. The van der Waals surface area contributed by atoms with Crippen molar-refractivity contribution in [3.05, 3.63) is 42.5 Å². The molecule has 1 aromatic rings. The Labute approximate surface area is 178 Å². The molecule has 0 aliphatic heterocycles. The van der Waals surface area contributed by atoms with Crippen molar-refractivity contribution in [1.29, 1.82) is 0 Å². The van der Waals surface area contributed by atoms with Gasteiger partial charge in [-0.1, -0.05) is 30.7 Å². The first-order chi connectivity index (χ1) is 14.3. The van der Waals surface area contributed by atoms with Crippen molar-refractivity contribution in [2.24, 2.45) is 35.0 Å². The third-order valence-corrected chi connectivity index (χ3v) is 9.38. The average Bonchev–Trinajstić information content (AvgIpc) is 3.34. The molecule has 1 aromatic heterocycles. The second-order valence-corrected chi connectivity index (χ2v) is 10.7. The van der Waals surface area contributed by atoms with Crippen LogP contribution in [-0.4, -0.2) is 26.7 Å². The normalized spacial score (nSPS) is 43.0. The number of nitrogens with zero attached hydrogens (tertiary/aromatic N) is 2. The molecule has 0 spiro atoms. The van der Waals surface area contributed by atoms with Crippen LogP contribution in [0.1, 0.15) is 58.3 Å². The number of rotatable bonds is 4. The van der Waals surface area contributed by atoms with E-state index < -0.39 is 12.0 Å². The van der Waals surface area contributed by atoms with Gasteiger partial charge in [-0.2, -0.15) is 0 Å². The Morgan fingerprint density at radius 3 is 2.83 bits per heavy atom. The van der Waals surface area contributed by atoms with Crippen molar-refractivity contribution in [3.8, 4) is 0 Å². The van der Waals surface area contributed by atoms with Crippen molar-refractivity contribution < 1.29 is 13.9 Å². The van der Waals surface area contributed by atoms with Crippen molar-refractivity contribution >= 4 is 0 Å². The van der Waals surface area contributed by atoms with Crippen molar-refractivity contribution in [1.82, 2.24) is 9.55 Å². The summed E-state index contributed by atoms with van der Waals surface area (Å²) in [6.45, 7) is 7.82. The number of aromatic nitrogens is 2. The number of allylic oxidation sites excluding steroid dienone is 2. The monoisotopic (exact) mass is 416 g/mol. The fourth-order valence-corrected chi connectivity index (χ4v) is 7.90. The molecular formula is C25H34F2N2O. The Bertz CT molecular complexity index is 834. The van der Waals surface area contributed by atoms with E-state index in [1.807, 2.05) is 18.7 Å². The summed E-state index contributed by atoms with van der Waals surface area (Å²) in [6, 6.07) is 0. The zero-order valence-corrected chi connectivity index (χ0v) is 17.9. The second-order valence-electron chi connectivity index (χ2n) is 10.7. The maximum atomic E-state index is 13.4. The van der Waals surface area contributed by atoms with Crippen molar-refractivity contribution in [2.45, 2.75) is 76.9 Å². The van der Waals surface area contributed by atoms with Gasteiger partial charge >= 0.3 is 0 Å². The van der Waals surface area contributed by atoms with Crippen LogP contribution in [0.3, 0.4) is 0 Å². The molecule has 0 amide bonds. The Kier molecular flexibility index (Phi) is 4.96. The van der Waals surface area contributed by atoms with Crippen LogP contribution in [0.5, 0.6) is 0 Å². The molecule has 7 atom stereocenters. The summed E-state index contributed by atoms with van der Waals surface area (Å²) in [5.41, 5.74) is 0.931. The highest BCUT2D eigenvalue weighted by molar-refractivity contribution is 5.23. The van der Waals surface area contributed by atoms with Gasteiger partial charge in [-0.3, -0.25) is 0 Å². The number of hydrogen-bond acceptors (Lipinski definition) is 2. The molecule has 30 heavy (non-hydrogen) atoms. The largest absolute Gasteiger partial charge is 0.384 e. The number of imidazole rings is 1. The summed E-state index contributed by atoms with van der Waals surface area (Å²) < 4.78 is 28.9. The highest BCUT2D eigenvalue weighted by atomic mass is 19.3. The lowest BCUT2D eigenvalue weighted by atomic mass is 9.51. The van der Waals surface area contributed by atoms with Gasteiger partial charge in [0.25, 0.3) is 6.43 Å². The standard InChI is InChI=1S/C25H34F2N2O/c1-16(14-29-12-11-28-15-29)21-5-6-22-20-4-3-17-13-25(30,23(26)27)10-8-18(17)19(20)7-9-24(21,22)2/h3,11-12,15,18-23,30H,1,4-10,13-14H2,2H3/t18-,19+,20+,21+,22-,24+,25-/m0/s1. The first-order valence-corrected chi connectivity index (χ1v) is 11.6. The zero-order chi connectivity index (χ0) is 21.1. The van der Waals surface area contributed by atoms with E-state index >= 15 is 0 Å². The van der Waals surface area contributed by atoms with E-state index in [0.29, 0.717) is 41.4 Å². The van der Waals surface area contributed by atoms with Gasteiger partial charge in [-0.05, 0) is 80.0 Å². The van der Waals surface area contributed by atoms with Gasteiger partial charge in [0.15, 0.2) is 0 Å². The summed E-state index contributed by atoms with van der Waals surface area (Å²) in [5, 5.41) is 10.4. The van der Waals surface area contributed by atoms with E-state index in [2.05, 4.69) is 29.1 Å². The van der Waals surface area contributed by atoms with Crippen LogP contribution in [0.25, 0.3) is 0 Å². The lowest BCUT2D eigenvalue weighted by Gasteiger charge is -2.54. The topological polar surface area (TPSA) is 38.0 Å². The molecule has 0 saturated heterocycles. The fourth-order valence-electron chi connectivity index (χ4n) is 7.90. The summed E-state index contributed by atoms with van der Waals surface area (Å²) in [7, 11) is 0. The van der Waals surface area contributed by atoms with Gasteiger partial charge in [0.05, 0.1) is 6.33 Å². The highest BCUT2D eigenvalue weighted by Crippen LogP contribution is 2.64. The fraction of sp³-hybridized carbons (Fsp3) is 0.720. The minimum Gasteiger partial charge on any atom is -0.384 e. The van der Waals surface area contributed by atoms with Gasteiger partial charge in [-0.25, -0.2) is 13.8 Å². The molecule has 1 heterocycles. The van der Waals surface area contributed by atoms with Crippen LogP contribution in [0.4, 0.5) is 8.78 Å². The molecule has 5 heteroatoms. The van der Waals surface area contributed by atoms with E-state index in [0.717, 1.165) is 18.5 Å². The van der Waals surface area contributed by atoms with E-state index in [-0.39, 0.29) is 12.8 Å². The molecule has 164 valence electrons. The molecule has 5 rings (SSSR count). The van der Waals surface area contributed by atoms with Gasteiger partial charge < -0.3 is 9.67 Å². The Hall–Kier alpha value is -1.49. The third-order valence-electron chi connectivity index (χ3n) is 9.38. The smallest absolute Gasteiger partial charge is 0.267 e. The molecule has 0 radical (unpaired) electrons. The van der Waals surface area contributed by atoms with Crippen molar-refractivity contribution in [3.63, 3.8) is 0 Å². The second kappa shape index (κ2) is 7.29. The summed E-state index contributed by atoms with van der Waals surface area (Å²) in [5.74, 6) is 2.90. The number of aliphatic hydroxyl groups is 1. The summed E-state index contributed by atoms with van der Waals surface area (Å²) >= 11 is 0. The van der Waals surface area contributed by atoms with Gasteiger partial charge in [0.2, 0.25) is 0 Å². The van der Waals surface area contributed by atoms with Crippen LogP contribution in [0.2, 0.25) is 0 Å². The number of halogens is 2.